The van der Waals surface area contributed by atoms with Crippen LogP contribution in [0.5, 0.6) is 0 Å². The van der Waals surface area contributed by atoms with Gasteiger partial charge in [-0.1, -0.05) is 11.2 Å². The SMILES string of the molecule is COCCN(CCOC)C(=O)Cn1nc(-c2cccs2)c(-c2cc(C)no2)cc1=O. The number of thiophene rings is 1. The minimum atomic E-state index is -0.397. The van der Waals surface area contributed by atoms with Crippen molar-refractivity contribution >= 4 is 17.2 Å². The third-order valence-corrected chi connectivity index (χ3v) is 5.29. The first kappa shape index (κ1) is 21.9. The highest BCUT2D eigenvalue weighted by molar-refractivity contribution is 7.13. The Morgan fingerprint density at radius 2 is 1.97 bits per heavy atom. The summed E-state index contributed by atoms with van der Waals surface area (Å²) in [4.78, 5) is 28.0. The molecule has 0 fully saturated rings. The molecule has 0 atom stereocenters. The number of hydrogen-bond acceptors (Lipinski definition) is 8. The van der Waals surface area contributed by atoms with Gasteiger partial charge in [0.25, 0.3) is 5.56 Å². The van der Waals surface area contributed by atoms with E-state index in [9.17, 15) is 9.59 Å². The highest BCUT2D eigenvalue weighted by Gasteiger charge is 2.20. The molecule has 3 rings (SSSR count). The summed E-state index contributed by atoms with van der Waals surface area (Å²) in [6.45, 7) is 3.21. The number of carbonyl (C=O) groups excluding carboxylic acids is 1. The van der Waals surface area contributed by atoms with Crippen molar-refractivity contribution in [2.45, 2.75) is 13.5 Å². The van der Waals surface area contributed by atoms with Gasteiger partial charge in [0.05, 0.1) is 29.3 Å². The summed E-state index contributed by atoms with van der Waals surface area (Å²) in [7, 11) is 3.14. The monoisotopic (exact) mass is 432 g/mol. The van der Waals surface area contributed by atoms with Crippen LogP contribution < -0.4 is 5.56 Å². The molecule has 0 N–H and O–H groups in total. The molecular weight excluding hydrogens is 408 g/mol. The Balaban J connectivity index is 1.94. The van der Waals surface area contributed by atoms with Crippen molar-refractivity contribution < 1.29 is 18.8 Å². The predicted molar refractivity (Wildman–Crippen MR) is 112 cm³/mol. The Morgan fingerprint density at radius 3 is 2.53 bits per heavy atom. The molecule has 0 unspecified atom stereocenters. The van der Waals surface area contributed by atoms with Crippen molar-refractivity contribution in [3.05, 3.63) is 45.7 Å². The molecule has 160 valence electrons. The Hall–Kier alpha value is -2.82. The molecule has 3 aromatic rings. The number of rotatable bonds is 10. The summed E-state index contributed by atoms with van der Waals surface area (Å²) in [5.74, 6) is 0.222. The third-order valence-electron chi connectivity index (χ3n) is 4.41. The fourth-order valence-corrected chi connectivity index (χ4v) is 3.59. The molecule has 10 heteroatoms. The molecule has 0 bridgehead atoms. The van der Waals surface area contributed by atoms with Crippen molar-refractivity contribution in [2.24, 2.45) is 0 Å². The molecule has 0 aliphatic rings. The molecule has 9 nitrogen and oxygen atoms in total. The van der Waals surface area contributed by atoms with Crippen LogP contribution in [-0.2, 0) is 20.8 Å². The highest BCUT2D eigenvalue weighted by Crippen LogP contribution is 2.32. The summed E-state index contributed by atoms with van der Waals surface area (Å²) in [6.07, 6.45) is 0. The van der Waals surface area contributed by atoms with Crippen LogP contribution in [0.3, 0.4) is 0 Å². The van der Waals surface area contributed by atoms with Crippen molar-refractivity contribution in [3.63, 3.8) is 0 Å². The lowest BCUT2D eigenvalue weighted by molar-refractivity contribution is -0.133. The quantitative estimate of drug-likeness (QED) is 0.483. The van der Waals surface area contributed by atoms with E-state index < -0.39 is 5.56 Å². The van der Waals surface area contributed by atoms with E-state index in [1.165, 1.54) is 22.1 Å². The number of aromatic nitrogens is 3. The second-order valence-corrected chi connectivity index (χ2v) is 7.53. The van der Waals surface area contributed by atoms with Crippen LogP contribution in [-0.4, -0.2) is 66.3 Å². The fraction of sp³-hybridized carbons (Fsp3) is 0.400. The number of methoxy groups -OCH3 is 2. The van der Waals surface area contributed by atoms with E-state index in [4.69, 9.17) is 14.0 Å². The number of hydrogen-bond donors (Lipinski definition) is 0. The van der Waals surface area contributed by atoms with Gasteiger partial charge in [-0.2, -0.15) is 5.10 Å². The molecular formula is C20H24N4O5S. The average molecular weight is 433 g/mol. The van der Waals surface area contributed by atoms with Crippen LogP contribution in [0.15, 0.2) is 39.0 Å². The van der Waals surface area contributed by atoms with Gasteiger partial charge < -0.3 is 18.9 Å². The molecule has 3 heterocycles. The number of nitrogens with zero attached hydrogens (tertiary/aromatic N) is 4. The van der Waals surface area contributed by atoms with Crippen LogP contribution >= 0.6 is 11.3 Å². The van der Waals surface area contributed by atoms with Crippen LogP contribution in [0.1, 0.15) is 5.69 Å². The maximum Gasteiger partial charge on any atom is 0.268 e. The maximum absolute atomic E-state index is 12.8. The van der Waals surface area contributed by atoms with Crippen LogP contribution in [0.4, 0.5) is 0 Å². The standard InChI is InChI=1S/C20H24N4O5S/c1-14-11-16(29-22-14)15-12-18(25)24(21-20(15)17-5-4-10-30-17)13-19(26)23(6-8-27-2)7-9-28-3/h4-5,10-12H,6-9,13H2,1-3H3. The molecule has 1 amide bonds. The van der Waals surface area contributed by atoms with E-state index in [0.717, 1.165) is 4.88 Å². The van der Waals surface area contributed by atoms with Gasteiger partial charge in [0.2, 0.25) is 5.91 Å². The van der Waals surface area contributed by atoms with Crippen LogP contribution in [0, 0.1) is 6.92 Å². The van der Waals surface area contributed by atoms with Gasteiger partial charge in [-0.3, -0.25) is 9.59 Å². The van der Waals surface area contributed by atoms with Gasteiger partial charge in [0.1, 0.15) is 12.2 Å². The Bertz CT molecular complexity index is 1020. The second kappa shape index (κ2) is 10.3. The van der Waals surface area contributed by atoms with Gasteiger partial charge in [-0.25, -0.2) is 4.68 Å². The van der Waals surface area contributed by atoms with Gasteiger partial charge in [0, 0.05) is 39.4 Å². The van der Waals surface area contributed by atoms with Crippen molar-refractivity contribution in [2.75, 3.05) is 40.5 Å². The van der Waals surface area contributed by atoms with Gasteiger partial charge in [0.15, 0.2) is 5.76 Å². The summed E-state index contributed by atoms with van der Waals surface area (Å²) in [6, 6.07) is 6.99. The molecule has 0 aliphatic heterocycles. The molecule has 0 spiro atoms. The molecule has 3 aromatic heterocycles. The third kappa shape index (κ3) is 5.21. The molecule has 0 saturated carbocycles. The number of aryl methyl sites for hydroxylation is 1. The first-order valence-electron chi connectivity index (χ1n) is 9.39. The minimum Gasteiger partial charge on any atom is -0.383 e. The van der Waals surface area contributed by atoms with E-state index in [1.807, 2.05) is 17.5 Å². The van der Waals surface area contributed by atoms with Crippen LogP contribution in [0.2, 0.25) is 0 Å². The fourth-order valence-electron chi connectivity index (χ4n) is 2.87. The molecule has 0 saturated heterocycles. The molecule has 0 aromatic carbocycles. The van der Waals surface area contributed by atoms with Crippen molar-refractivity contribution in [3.8, 4) is 21.9 Å². The lowest BCUT2D eigenvalue weighted by Crippen LogP contribution is -2.40. The topological polar surface area (TPSA) is 99.7 Å². The lowest BCUT2D eigenvalue weighted by Gasteiger charge is -2.22. The largest absolute Gasteiger partial charge is 0.383 e. The van der Waals surface area contributed by atoms with Crippen molar-refractivity contribution in [1.82, 2.24) is 19.8 Å². The molecule has 0 radical (unpaired) electrons. The summed E-state index contributed by atoms with van der Waals surface area (Å²) in [5.41, 5.74) is 1.41. The van der Waals surface area contributed by atoms with Gasteiger partial charge >= 0.3 is 0 Å². The van der Waals surface area contributed by atoms with E-state index in [0.29, 0.717) is 49.0 Å². The first-order chi connectivity index (χ1) is 14.5. The zero-order valence-corrected chi connectivity index (χ0v) is 18.0. The zero-order valence-electron chi connectivity index (χ0n) is 17.2. The van der Waals surface area contributed by atoms with Crippen LogP contribution in [0.25, 0.3) is 21.9 Å². The van der Waals surface area contributed by atoms with E-state index in [2.05, 4.69) is 10.3 Å². The summed E-state index contributed by atoms with van der Waals surface area (Å²) < 4.78 is 16.7. The average Bonchev–Trinajstić information content (AvgIpc) is 3.41. The smallest absolute Gasteiger partial charge is 0.268 e. The minimum absolute atomic E-state index is 0.180. The zero-order chi connectivity index (χ0) is 21.5. The predicted octanol–water partition coefficient (Wildman–Crippen LogP) is 2.06. The molecule has 30 heavy (non-hydrogen) atoms. The summed E-state index contributed by atoms with van der Waals surface area (Å²) in [5, 5.41) is 10.3. The Kier molecular flexibility index (Phi) is 7.50. The first-order valence-corrected chi connectivity index (χ1v) is 10.3. The molecule has 0 aliphatic carbocycles. The van der Waals surface area contributed by atoms with Crippen molar-refractivity contribution in [1.29, 1.82) is 0 Å². The summed E-state index contributed by atoms with van der Waals surface area (Å²) >= 11 is 1.49. The van der Waals surface area contributed by atoms with E-state index >= 15 is 0 Å². The number of ether oxygens (including phenoxy) is 2. The second-order valence-electron chi connectivity index (χ2n) is 6.58. The normalized spacial score (nSPS) is 11.0. The van der Waals surface area contributed by atoms with E-state index in [1.54, 1.807) is 32.1 Å². The Morgan fingerprint density at radius 1 is 1.23 bits per heavy atom. The lowest BCUT2D eigenvalue weighted by atomic mass is 10.1. The van der Waals surface area contributed by atoms with Gasteiger partial charge in [-0.05, 0) is 18.4 Å². The number of amides is 1. The maximum atomic E-state index is 12.8. The highest BCUT2D eigenvalue weighted by atomic mass is 32.1. The van der Waals surface area contributed by atoms with E-state index in [-0.39, 0.29) is 12.5 Å². The van der Waals surface area contributed by atoms with Gasteiger partial charge in [-0.15, -0.1) is 11.3 Å². The Labute approximate surface area is 177 Å². The number of carbonyl (C=O) groups is 1.